The number of carbonyl (C=O) groups excluding carboxylic acids is 1. The third-order valence-electron chi connectivity index (χ3n) is 3.95. The summed E-state index contributed by atoms with van der Waals surface area (Å²) in [4.78, 5) is 24.7. The molecule has 3 heterocycles. The first-order valence-corrected chi connectivity index (χ1v) is 8.43. The molecule has 8 nitrogen and oxygen atoms in total. The Balaban J connectivity index is 1.89. The van der Waals surface area contributed by atoms with Crippen LogP contribution in [-0.2, 0) is 16.1 Å². The van der Waals surface area contributed by atoms with Crippen molar-refractivity contribution in [3.63, 3.8) is 0 Å². The van der Waals surface area contributed by atoms with Crippen LogP contribution in [0, 0.1) is 6.92 Å². The molecular weight excluding hydrogens is 356 g/mol. The number of benzene rings is 1. The van der Waals surface area contributed by atoms with Gasteiger partial charge in [0.15, 0.2) is 17.0 Å². The van der Waals surface area contributed by atoms with Gasteiger partial charge in [-0.2, -0.15) is 15.1 Å². The van der Waals surface area contributed by atoms with E-state index in [1.807, 2.05) is 25.1 Å². The van der Waals surface area contributed by atoms with Crippen LogP contribution in [0.15, 0.2) is 30.7 Å². The highest BCUT2D eigenvalue weighted by atomic mass is 35.5. The van der Waals surface area contributed by atoms with Gasteiger partial charge in [0, 0.05) is 5.39 Å². The van der Waals surface area contributed by atoms with Crippen molar-refractivity contribution in [2.45, 2.75) is 20.4 Å². The zero-order valence-corrected chi connectivity index (χ0v) is 14.9. The number of rotatable bonds is 4. The lowest BCUT2D eigenvalue weighted by Gasteiger charge is -2.06. The number of carbonyl (C=O) groups is 1. The van der Waals surface area contributed by atoms with Gasteiger partial charge < -0.3 is 9.30 Å². The van der Waals surface area contributed by atoms with Gasteiger partial charge in [0.25, 0.3) is 0 Å². The fraction of sp³-hybridized carbons (Fsp3) is 0.235. The first-order valence-electron chi connectivity index (χ1n) is 8.05. The van der Waals surface area contributed by atoms with Crippen molar-refractivity contribution in [2.75, 3.05) is 6.61 Å². The molecule has 9 heteroatoms. The average molecular weight is 371 g/mol. The number of fused-ring (bicyclic) bond motifs is 2. The van der Waals surface area contributed by atoms with Crippen LogP contribution in [0.5, 0.6) is 0 Å². The van der Waals surface area contributed by atoms with Crippen molar-refractivity contribution < 1.29 is 9.53 Å². The zero-order valence-electron chi connectivity index (χ0n) is 14.2. The number of esters is 1. The number of ether oxygens (including phenoxy) is 1. The van der Waals surface area contributed by atoms with Crippen molar-refractivity contribution in [3.05, 3.63) is 41.6 Å². The second-order valence-corrected chi connectivity index (χ2v) is 6.12. The molecule has 0 aliphatic carbocycles. The summed E-state index contributed by atoms with van der Waals surface area (Å²) in [6.07, 6.45) is 3.28. The maximum atomic E-state index is 11.8. The van der Waals surface area contributed by atoms with Gasteiger partial charge >= 0.3 is 5.97 Å². The molecule has 132 valence electrons. The molecule has 3 aromatic heterocycles. The molecule has 0 saturated carbocycles. The predicted molar refractivity (Wildman–Crippen MR) is 96.3 cm³/mol. The zero-order chi connectivity index (χ0) is 18.3. The van der Waals surface area contributed by atoms with E-state index < -0.39 is 0 Å². The Morgan fingerprint density at radius 3 is 2.96 bits per heavy atom. The van der Waals surface area contributed by atoms with Crippen LogP contribution in [0.3, 0.4) is 0 Å². The summed E-state index contributed by atoms with van der Waals surface area (Å²) in [5.74, 6) is 0.0893. The second-order valence-electron chi connectivity index (χ2n) is 5.78. The highest BCUT2D eigenvalue weighted by Crippen LogP contribution is 2.24. The maximum Gasteiger partial charge on any atom is 0.326 e. The summed E-state index contributed by atoms with van der Waals surface area (Å²) in [5.41, 5.74) is 2.94. The lowest BCUT2D eigenvalue weighted by Crippen LogP contribution is -2.13. The molecule has 1 aromatic carbocycles. The summed E-state index contributed by atoms with van der Waals surface area (Å²) in [7, 11) is 0. The highest BCUT2D eigenvalue weighted by Gasteiger charge is 2.18. The van der Waals surface area contributed by atoms with Gasteiger partial charge in [0.05, 0.1) is 24.6 Å². The van der Waals surface area contributed by atoms with E-state index >= 15 is 0 Å². The highest BCUT2D eigenvalue weighted by molar-refractivity contribution is 6.28. The molecular formula is C17H15ClN6O2. The molecule has 26 heavy (non-hydrogen) atoms. The molecule has 0 atom stereocenters. The number of hydrogen-bond donors (Lipinski definition) is 0. The summed E-state index contributed by atoms with van der Waals surface area (Å²) in [6, 6.07) is 6.03. The summed E-state index contributed by atoms with van der Waals surface area (Å²) in [6.45, 7) is 4.07. The molecule has 0 radical (unpaired) electrons. The monoisotopic (exact) mass is 370 g/mol. The Morgan fingerprint density at radius 1 is 1.31 bits per heavy atom. The van der Waals surface area contributed by atoms with Crippen LogP contribution in [0.1, 0.15) is 12.5 Å². The molecule has 0 saturated heterocycles. The summed E-state index contributed by atoms with van der Waals surface area (Å²) < 4.78 is 8.25. The topological polar surface area (TPSA) is 87.7 Å². The molecule has 0 N–H and O–H groups in total. The van der Waals surface area contributed by atoms with Gasteiger partial charge in [-0.15, -0.1) is 0 Å². The molecule has 4 aromatic rings. The second kappa shape index (κ2) is 6.38. The van der Waals surface area contributed by atoms with Gasteiger partial charge in [-0.1, -0.05) is 12.1 Å². The Hall–Kier alpha value is -3.00. The van der Waals surface area contributed by atoms with E-state index in [4.69, 9.17) is 16.3 Å². The number of imidazole rings is 1. The van der Waals surface area contributed by atoms with Crippen LogP contribution < -0.4 is 0 Å². The van der Waals surface area contributed by atoms with Crippen molar-refractivity contribution in [1.29, 1.82) is 0 Å². The molecule has 0 fully saturated rings. The van der Waals surface area contributed by atoms with Crippen molar-refractivity contribution in [2.24, 2.45) is 0 Å². The number of aryl methyl sites for hydroxylation is 1. The van der Waals surface area contributed by atoms with Gasteiger partial charge in [-0.05, 0) is 37.1 Å². The molecule has 0 spiro atoms. The minimum Gasteiger partial charge on any atom is -0.465 e. The van der Waals surface area contributed by atoms with Crippen molar-refractivity contribution in [3.8, 4) is 5.82 Å². The summed E-state index contributed by atoms with van der Waals surface area (Å²) in [5, 5.41) is 5.45. The first-order chi connectivity index (χ1) is 12.6. The molecule has 0 aliphatic rings. The number of halogens is 1. The quantitative estimate of drug-likeness (QED) is 0.405. The van der Waals surface area contributed by atoms with Crippen molar-refractivity contribution >= 4 is 39.6 Å². The van der Waals surface area contributed by atoms with Gasteiger partial charge in [0.2, 0.25) is 5.28 Å². The fourth-order valence-electron chi connectivity index (χ4n) is 2.81. The predicted octanol–water partition coefficient (Wildman–Crippen LogP) is 2.69. The average Bonchev–Trinajstić information content (AvgIpc) is 3.18. The number of hydrogen-bond acceptors (Lipinski definition) is 6. The molecule has 0 bridgehead atoms. The van der Waals surface area contributed by atoms with E-state index in [0.29, 0.717) is 23.6 Å². The SMILES string of the molecule is CCOC(=O)Cn1cnc2c(-n3ncc4ccc(C)cc43)nc(Cl)nc21. The normalized spacial score (nSPS) is 11.3. The Bertz CT molecular complexity index is 1130. The van der Waals surface area contributed by atoms with Crippen LogP contribution >= 0.6 is 11.6 Å². The van der Waals surface area contributed by atoms with Gasteiger partial charge in [-0.25, -0.2) is 9.67 Å². The third kappa shape index (κ3) is 2.78. The maximum absolute atomic E-state index is 11.8. The van der Waals surface area contributed by atoms with E-state index in [9.17, 15) is 4.79 Å². The molecule has 0 unspecified atom stereocenters. The first kappa shape index (κ1) is 16.5. The van der Waals surface area contributed by atoms with Crippen LogP contribution in [0.25, 0.3) is 27.9 Å². The third-order valence-corrected chi connectivity index (χ3v) is 4.12. The van der Waals surface area contributed by atoms with Gasteiger partial charge in [0.1, 0.15) is 6.54 Å². The molecule has 0 aliphatic heterocycles. The minimum absolute atomic E-state index is 0.00388. The minimum atomic E-state index is -0.372. The van der Waals surface area contributed by atoms with Gasteiger partial charge in [-0.3, -0.25) is 4.79 Å². The fourth-order valence-corrected chi connectivity index (χ4v) is 2.97. The van der Waals surface area contributed by atoms with Crippen molar-refractivity contribution in [1.82, 2.24) is 29.3 Å². The van der Waals surface area contributed by atoms with E-state index in [2.05, 4.69) is 20.1 Å². The molecule has 0 amide bonds. The lowest BCUT2D eigenvalue weighted by molar-refractivity contribution is -0.143. The Labute approximate surface area is 153 Å². The van der Waals surface area contributed by atoms with E-state index in [1.165, 1.54) is 6.33 Å². The van der Waals surface area contributed by atoms with E-state index in [0.717, 1.165) is 16.5 Å². The molecule has 4 rings (SSSR count). The largest absolute Gasteiger partial charge is 0.465 e. The van der Waals surface area contributed by atoms with E-state index in [-0.39, 0.29) is 17.8 Å². The van der Waals surface area contributed by atoms with Crippen LogP contribution in [0.2, 0.25) is 5.28 Å². The standard InChI is InChI=1S/C17H15ClN6O2/c1-3-26-13(25)8-23-9-19-14-15(23)21-17(18)22-16(14)24-12-6-10(2)4-5-11(12)7-20-24/h4-7,9H,3,8H2,1-2H3. The van der Waals surface area contributed by atoms with E-state index in [1.54, 1.807) is 22.4 Å². The lowest BCUT2D eigenvalue weighted by atomic mass is 10.2. The Kier molecular flexibility index (Phi) is 4.04. The Morgan fingerprint density at radius 2 is 2.15 bits per heavy atom. The number of aromatic nitrogens is 6. The smallest absolute Gasteiger partial charge is 0.326 e. The van der Waals surface area contributed by atoms with Crippen LogP contribution in [0.4, 0.5) is 0 Å². The number of nitrogens with zero attached hydrogens (tertiary/aromatic N) is 6. The summed E-state index contributed by atoms with van der Waals surface area (Å²) >= 11 is 6.13. The van der Waals surface area contributed by atoms with Crippen LogP contribution in [-0.4, -0.2) is 41.9 Å².